The van der Waals surface area contributed by atoms with Crippen LogP contribution in [0.1, 0.15) is 36.0 Å². The number of carbonyl (C=O) groups is 1. The van der Waals surface area contributed by atoms with Gasteiger partial charge in [0.2, 0.25) is 0 Å². The summed E-state index contributed by atoms with van der Waals surface area (Å²) >= 11 is 0. The summed E-state index contributed by atoms with van der Waals surface area (Å²) in [6.07, 6.45) is 20.2. The van der Waals surface area contributed by atoms with E-state index in [0.717, 1.165) is 136 Å². The molecule has 1 aliphatic carbocycles. The lowest BCUT2D eigenvalue weighted by atomic mass is 10.1. The number of hydrogen-bond donors (Lipinski definition) is 2. The number of aromatic nitrogens is 12. The number of ether oxygens (including phenoxy) is 2. The van der Waals surface area contributed by atoms with Gasteiger partial charge in [0.15, 0.2) is 0 Å². The van der Waals surface area contributed by atoms with Crippen LogP contribution in [0.25, 0.3) is 66.9 Å². The number of rotatable bonds is 20. The predicted octanol–water partition coefficient (Wildman–Crippen LogP) is 11.9. The second-order valence-electron chi connectivity index (χ2n) is 23.9. The summed E-state index contributed by atoms with van der Waals surface area (Å²) in [5.74, 6) is 0.0779. The van der Waals surface area contributed by atoms with E-state index in [1.54, 1.807) is 63.4 Å². The molecule has 6 aromatic heterocycles. The van der Waals surface area contributed by atoms with Crippen LogP contribution in [0.15, 0.2) is 165 Å². The first-order chi connectivity index (χ1) is 47.1. The number of anilines is 6. The highest BCUT2D eigenvalue weighted by atomic mass is 19.1. The van der Waals surface area contributed by atoms with Crippen LogP contribution in [0.5, 0.6) is 11.5 Å². The molecule has 97 heavy (non-hydrogen) atoms. The van der Waals surface area contributed by atoms with Gasteiger partial charge in [-0.15, -0.1) is 0 Å². The van der Waals surface area contributed by atoms with Crippen molar-refractivity contribution in [2.75, 3.05) is 81.8 Å². The molecule has 25 heteroatoms. The Hall–Kier alpha value is -11.4. The van der Waals surface area contributed by atoms with Crippen molar-refractivity contribution in [1.29, 1.82) is 5.26 Å². The topological polar surface area (TPSA) is 241 Å². The quantitative estimate of drug-likeness (QED) is 0.0720. The summed E-state index contributed by atoms with van der Waals surface area (Å²) in [6.45, 7) is 4.95. The molecule has 14 rings (SSSR count). The first-order valence-corrected chi connectivity index (χ1v) is 31.7. The summed E-state index contributed by atoms with van der Waals surface area (Å²) in [6, 6.07) is 33.6. The summed E-state index contributed by atoms with van der Waals surface area (Å²) in [7, 11) is 10.2. The molecule has 3 N–H and O–H groups in total. The zero-order valence-corrected chi connectivity index (χ0v) is 54.6. The van der Waals surface area contributed by atoms with Crippen molar-refractivity contribution in [3.63, 3.8) is 0 Å². The lowest BCUT2D eigenvalue weighted by molar-refractivity contribution is 0.0962. The van der Waals surface area contributed by atoms with Crippen LogP contribution in [0.2, 0.25) is 0 Å². The number of carbonyl (C=O) groups excluding carboxylic acids is 1. The van der Waals surface area contributed by atoms with Crippen LogP contribution in [0.3, 0.4) is 0 Å². The van der Waals surface area contributed by atoms with Crippen LogP contribution in [-0.2, 0) is 21.1 Å². The van der Waals surface area contributed by atoms with E-state index in [1.165, 1.54) is 57.7 Å². The third-order valence-corrected chi connectivity index (χ3v) is 16.8. The van der Waals surface area contributed by atoms with Gasteiger partial charge in [-0.05, 0) is 130 Å². The molecule has 12 aromatic rings. The van der Waals surface area contributed by atoms with Gasteiger partial charge in [-0.25, -0.2) is 28.1 Å². The van der Waals surface area contributed by atoms with Gasteiger partial charge < -0.3 is 40.1 Å². The van der Waals surface area contributed by atoms with Gasteiger partial charge >= 0.3 is 0 Å². The molecule has 0 bridgehead atoms. The molecule has 2 aliphatic rings. The Morgan fingerprint density at radius 1 is 0.567 bits per heavy atom. The van der Waals surface area contributed by atoms with Gasteiger partial charge in [-0.3, -0.25) is 33.8 Å². The average molecular weight is 1310 g/mol. The molecule has 0 spiro atoms. The minimum absolute atomic E-state index is 0.113. The largest absolute Gasteiger partial charge is 0.497 e. The van der Waals surface area contributed by atoms with Crippen molar-refractivity contribution < 1.29 is 27.4 Å². The number of benzene rings is 6. The number of nitrogens with two attached hydrogens (primary N) is 1. The molecule has 1 atom stereocenters. The second kappa shape index (κ2) is 29.5. The van der Waals surface area contributed by atoms with Gasteiger partial charge in [0, 0.05) is 160 Å². The molecule has 1 saturated heterocycles. The van der Waals surface area contributed by atoms with Gasteiger partial charge in [0.05, 0.1) is 114 Å². The van der Waals surface area contributed by atoms with Crippen molar-refractivity contribution >= 4 is 73.1 Å². The molecule has 22 nitrogen and oxygen atoms in total. The zero-order chi connectivity index (χ0) is 67.7. The van der Waals surface area contributed by atoms with Crippen LogP contribution >= 0.6 is 0 Å². The molecular weight excluding hydrogens is 1240 g/mol. The summed E-state index contributed by atoms with van der Waals surface area (Å²) in [5.41, 5.74) is 20.2. The Morgan fingerprint density at radius 2 is 1.01 bits per heavy atom. The first-order valence-electron chi connectivity index (χ1n) is 31.7. The van der Waals surface area contributed by atoms with E-state index in [4.69, 9.17) is 30.2 Å². The SMILES string of the molecule is CNC(=O)c1cc(F)cc(N(CC2CC2)c2ccc3ncc(-c4cnn(C)c4)nc3c2)c1.COc1cc(F)cc(N(CCCN2CCC(C#N)C2)c2ccc3ncc(-c4cnn(C)c4)nc3c2)c1.COc1cc(F)cc(N(CCN)c2ccc3ncc(-c4cnn(C)c4)nc3c2)c1. The maximum absolute atomic E-state index is 14.5. The Bertz CT molecular complexity index is 4840. The second-order valence-corrected chi connectivity index (χ2v) is 23.9. The number of nitrogens with zero attached hydrogens (tertiary/aromatic N) is 17. The predicted molar refractivity (Wildman–Crippen MR) is 368 cm³/mol. The Balaban J connectivity index is 0.000000140. The lowest BCUT2D eigenvalue weighted by Crippen LogP contribution is -2.26. The molecule has 7 heterocycles. The van der Waals surface area contributed by atoms with Crippen molar-refractivity contribution in [3.8, 4) is 51.3 Å². The fourth-order valence-electron chi connectivity index (χ4n) is 11.7. The number of methoxy groups -OCH3 is 2. The normalized spacial score (nSPS) is 13.6. The molecular formula is C72H72F3N19O3. The van der Waals surface area contributed by atoms with Crippen molar-refractivity contribution in [1.82, 2.24) is 69.5 Å². The van der Waals surface area contributed by atoms with E-state index in [1.807, 2.05) is 105 Å². The zero-order valence-electron chi connectivity index (χ0n) is 54.6. The fraction of sp³-hybridized carbons (Fsp3) is 0.264. The number of aryl methyl sites for hydroxylation is 3. The number of amides is 1. The summed E-state index contributed by atoms with van der Waals surface area (Å²) in [4.78, 5) is 48.5. The number of nitriles is 1. The minimum Gasteiger partial charge on any atom is -0.497 e. The van der Waals surface area contributed by atoms with Crippen molar-refractivity contribution in [3.05, 3.63) is 188 Å². The van der Waals surface area contributed by atoms with Crippen LogP contribution in [0.4, 0.5) is 47.3 Å². The smallest absolute Gasteiger partial charge is 0.251 e. The molecule has 1 aliphatic heterocycles. The molecule has 1 unspecified atom stereocenters. The van der Waals surface area contributed by atoms with Gasteiger partial charge in [0.25, 0.3) is 5.91 Å². The molecule has 6 aromatic carbocycles. The number of fused-ring (bicyclic) bond motifs is 3. The maximum atomic E-state index is 14.5. The highest BCUT2D eigenvalue weighted by Gasteiger charge is 2.27. The molecule has 2 fully saturated rings. The molecule has 1 amide bonds. The van der Waals surface area contributed by atoms with E-state index in [-0.39, 0.29) is 23.5 Å². The number of hydrogen-bond acceptors (Lipinski definition) is 18. The lowest BCUT2D eigenvalue weighted by Gasteiger charge is -2.27. The van der Waals surface area contributed by atoms with Gasteiger partial charge in [-0.2, -0.15) is 20.6 Å². The Labute approximate surface area is 558 Å². The third-order valence-electron chi connectivity index (χ3n) is 16.8. The standard InChI is InChI=1S/C27H28FN7O.C24H23FN6O.C21H21FN6O/c1-33-18-20(15-31-33)27-16-30-25-5-4-22(13-26(25)32-27)35(23-10-21(28)11-24(12-23)36-2)8-3-7-34-9-6-19(14-29)17-34;1-26-24(32)16-7-18(25)9-20(8-16)31(13-15-3-4-15)19-5-6-21-22(10-19)29-23(12-27-21)17-11-28-30(2)14-17;1-27-13-14(11-25-27)21-12-24-19-4-3-16(10-20(19)26-21)28(6-5-23)17-7-15(22)8-18(9-17)29-2/h4-5,10-13,15-16,18-19H,3,6-9,17H2,1-2H3;5-12,14-15H,3-4,13H2,1-2H3,(H,26,32);3-4,7-13H,5-6,23H2,1-2H3. The number of nitrogens with one attached hydrogen (secondary N) is 1. The maximum Gasteiger partial charge on any atom is 0.251 e. The fourth-order valence-corrected chi connectivity index (χ4v) is 11.7. The molecule has 494 valence electrons. The Kier molecular flexibility index (Phi) is 20.0. The summed E-state index contributed by atoms with van der Waals surface area (Å²) < 4.78 is 58.6. The van der Waals surface area contributed by atoms with Crippen LogP contribution < -0.4 is 35.2 Å². The summed E-state index contributed by atoms with van der Waals surface area (Å²) in [5, 5.41) is 24.4. The van der Waals surface area contributed by atoms with E-state index in [0.29, 0.717) is 59.7 Å². The highest BCUT2D eigenvalue weighted by molar-refractivity contribution is 5.95. The average Bonchev–Trinajstić information content (AvgIpc) is 1.53. The van der Waals surface area contributed by atoms with E-state index in [2.05, 4.69) is 56.3 Å². The minimum atomic E-state index is -0.443. The van der Waals surface area contributed by atoms with Gasteiger partial charge in [0.1, 0.15) is 29.0 Å². The van der Waals surface area contributed by atoms with E-state index in [9.17, 15) is 23.2 Å². The molecule has 1 saturated carbocycles. The highest BCUT2D eigenvalue weighted by Crippen LogP contribution is 2.38. The van der Waals surface area contributed by atoms with Crippen molar-refractivity contribution in [2.45, 2.75) is 25.7 Å². The van der Waals surface area contributed by atoms with E-state index >= 15 is 0 Å². The molecule has 0 radical (unpaired) electrons. The number of likely N-dealkylation sites (tertiary alicyclic amines) is 1. The van der Waals surface area contributed by atoms with Gasteiger partial charge in [-0.1, -0.05) is 0 Å². The number of halogens is 3. The first kappa shape index (κ1) is 65.7. The monoisotopic (exact) mass is 1310 g/mol. The van der Waals surface area contributed by atoms with E-state index < -0.39 is 5.82 Å². The Morgan fingerprint density at radius 3 is 1.41 bits per heavy atom. The van der Waals surface area contributed by atoms with Crippen LogP contribution in [0, 0.1) is 40.6 Å². The third kappa shape index (κ3) is 15.9. The van der Waals surface area contributed by atoms with Crippen LogP contribution in [-0.4, -0.2) is 137 Å². The van der Waals surface area contributed by atoms with Crippen molar-refractivity contribution in [2.24, 2.45) is 38.7 Å².